The minimum Gasteiger partial charge on any atom is -0.390 e. The van der Waals surface area contributed by atoms with Gasteiger partial charge in [-0.05, 0) is 19.1 Å². The summed E-state index contributed by atoms with van der Waals surface area (Å²) in [6, 6.07) is 3.66. The second-order valence-electron chi connectivity index (χ2n) is 3.23. The largest absolute Gasteiger partial charge is 0.390 e. The zero-order valence-corrected chi connectivity index (χ0v) is 8.55. The van der Waals surface area contributed by atoms with Gasteiger partial charge in [0.1, 0.15) is 11.4 Å². The molecule has 0 aliphatic carbocycles. The van der Waals surface area contributed by atoms with Crippen LogP contribution in [0, 0.1) is 6.92 Å². The van der Waals surface area contributed by atoms with Crippen molar-refractivity contribution >= 4 is 0 Å². The zero-order chi connectivity index (χ0) is 10.8. The molecule has 0 aliphatic rings. The van der Waals surface area contributed by atoms with Gasteiger partial charge in [-0.25, -0.2) is 4.68 Å². The van der Waals surface area contributed by atoms with E-state index in [-0.39, 0.29) is 6.61 Å². The average molecular weight is 205 g/mol. The zero-order valence-electron chi connectivity index (χ0n) is 8.55. The molecule has 0 atom stereocenters. The van der Waals surface area contributed by atoms with Crippen molar-refractivity contribution in [1.82, 2.24) is 25.2 Å². The third kappa shape index (κ3) is 1.71. The normalized spacial score (nSPS) is 10.6. The number of aliphatic hydroxyl groups excluding tert-OH is 1. The van der Waals surface area contributed by atoms with Crippen LogP contribution in [-0.2, 0) is 13.7 Å². The summed E-state index contributed by atoms with van der Waals surface area (Å²) in [7, 11) is 1.73. The Balaban J connectivity index is 2.49. The summed E-state index contributed by atoms with van der Waals surface area (Å²) < 4.78 is 1.52. The van der Waals surface area contributed by atoms with E-state index in [4.69, 9.17) is 5.11 Å². The summed E-state index contributed by atoms with van der Waals surface area (Å²) in [6.45, 7) is 1.74. The summed E-state index contributed by atoms with van der Waals surface area (Å²) in [6.07, 6.45) is 0. The summed E-state index contributed by atoms with van der Waals surface area (Å²) in [5, 5.41) is 24.8. The van der Waals surface area contributed by atoms with E-state index < -0.39 is 0 Å². The van der Waals surface area contributed by atoms with Crippen LogP contribution in [0.5, 0.6) is 0 Å². The first kappa shape index (κ1) is 9.72. The minimum atomic E-state index is -0.117. The monoisotopic (exact) mass is 205 g/mol. The molecule has 0 amide bonds. The van der Waals surface area contributed by atoms with Gasteiger partial charge in [-0.2, -0.15) is 5.10 Å². The highest BCUT2D eigenvalue weighted by molar-refractivity contribution is 5.55. The molecule has 2 heterocycles. The van der Waals surface area contributed by atoms with Crippen molar-refractivity contribution in [2.24, 2.45) is 7.05 Å². The third-order valence-electron chi connectivity index (χ3n) is 2.13. The maximum atomic E-state index is 9.16. The number of hydrogen-bond donors (Lipinski definition) is 1. The van der Waals surface area contributed by atoms with Crippen molar-refractivity contribution in [1.29, 1.82) is 0 Å². The Hall–Kier alpha value is -1.82. The van der Waals surface area contributed by atoms with Crippen LogP contribution < -0.4 is 0 Å². The highest BCUT2D eigenvalue weighted by atomic mass is 16.3. The van der Waals surface area contributed by atoms with Gasteiger partial charge in [0.2, 0.25) is 0 Å². The van der Waals surface area contributed by atoms with Crippen LogP contribution in [0.4, 0.5) is 0 Å². The lowest BCUT2D eigenvalue weighted by Gasteiger charge is -1.99. The maximum Gasteiger partial charge on any atom is 0.138 e. The first-order chi connectivity index (χ1) is 7.22. The number of aliphatic hydroxyl groups is 1. The smallest absolute Gasteiger partial charge is 0.138 e. The Morgan fingerprint density at radius 2 is 2.07 bits per heavy atom. The maximum absolute atomic E-state index is 9.16. The molecule has 0 bridgehead atoms. The summed E-state index contributed by atoms with van der Waals surface area (Å²) in [5.41, 5.74) is 2.67. The lowest BCUT2D eigenvalue weighted by atomic mass is 10.2. The fourth-order valence-corrected chi connectivity index (χ4v) is 1.28. The van der Waals surface area contributed by atoms with E-state index in [1.54, 1.807) is 7.05 Å². The molecule has 78 valence electrons. The topological polar surface area (TPSA) is 76.7 Å². The quantitative estimate of drug-likeness (QED) is 0.750. The highest BCUT2D eigenvalue weighted by Crippen LogP contribution is 2.17. The number of hydrogen-bond acceptors (Lipinski definition) is 5. The van der Waals surface area contributed by atoms with Crippen LogP contribution in [0.15, 0.2) is 12.1 Å². The van der Waals surface area contributed by atoms with E-state index in [1.165, 1.54) is 4.68 Å². The molecule has 1 N–H and O–H groups in total. The van der Waals surface area contributed by atoms with Crippen LogP contribution in [0.25, 0.3) is 11.4 Å². The number of rotatable bonds is 2. The molecule has 0 aromatic carbocycles. The average Bonchev–Trinajstić information content (AvgIpc) is 2.61. The Kier molecular flexibility index (Phi) is 2.42. The van der Waals surface area contributed by atoms with E-state index in [2.05, 4.69) is 20.5 Å². The molecule has 0 spiro atoms. The van der Waals surface area contributed by atoms with Gasteiger partial charge in [0.05, 0.1) is 18.0 Å². The molecule has 6 heteroatoms. The number of aryl methyl sites for hydroxylation is 2. The fraction of sp³-hybridized carbons (Fsp3) is 0.333. The molecule has 6 nitrogen and oxygen atoms in total. The van der Waals surface area contributed by atoms with Crippen molar-refractivity contribution in [3.8, 4) is 11.4 Å². The van der Waals surface area contributed by atoms with E-state index in [0.29, 0.717) is 17.1 Å². The van der Waals surface area contributed by atoms with Crippen LogP contribution >= 0.6 is 0 Å². The molecular formula is C9H11N5O. The first-order valence-electron chi connectivity index (χ1n) is 4.52. The summed E-state index contributed by atoms with van der Waals surface area (Å²) in [5.74, 6) is 0. The molecule has 15 heavy (non-hydrogen) atoms. The van der Waals surface area contributed by atoms with Gasteiger partial charge < -0.3 is 5.11 Å². The van der Waals surface area contributed by atoms with Crippen LogP contribution in [0.2, 0.25) is 0 Å². The number of aromatic nitrogens is 5. The standard InChI is InChI=1S/C9H11N5O/c1-6-3-4-7(11-10-6)9-8(5-15)14(2)13-12-9/h3-4,15H,5H2,1-2H3. The lowest BCUT2D eigenvalue weighted by Crippen LogP contribution is -1.99. The first-order valence-corrected chi connectivity index (χ1v) is 4.52. The van der Waals surface area contributed by atoms with Gasteiger partial charge >= 0.3 is 0 Å². The second-order valence-corrected chi connectivity index (χ2v) is 3.23. The molecule has 2 aromatic heterocycles. The SMILES string of the molecule is Cc1ccc(-c2nnn(C)c2CO)nn1. The second kappa shape index (κ2) is 3.74. The molecule has 0 saturated carbocycles. The third-order valence-corrected chi connectivity index (χ3v) is 2.13. The Bertz CT molecular complexity index is 462. The Labute approximate surface area is 86.6 Å². The molecule has 2 aromatic rings. The molecule has 0 aliphatic heterocycles. The summed E-state index contributed by atoms with van der Waals surface area (Å²) in [4.78, 5) is 0. The fourth-order valence-electron chi connectivity index (χ4n) is 1.28. The molecule has 2 rings (SSSR count). The van der Waals surface area contributed by atoms with Gasteiger partial charge in [0.15, 0.2) is 0 Å². The predicted octanol–water partition coefficient (Wildman–Crippen LogP) is 0.0728. The lowest BCUT2D eigenvalue weighted by molar-refractivity contribution is 0.271. The van der Waals surface area contributed by atoms with Gasteiger partial charge in [-0.1, -0.05) is 5.21 Å². The Morgan fingerprint density at radius 1 is 1.27 bits per heavy atom. The minimum absolute atomic E-state index is 0.117. The van der Waals surface area contributed by atoms with Gasteiger partial charge in [0.25, 0.3) is 0 Å². The number of nitrogens with zero attached hydrogens (tertiary/aromatic N) is 5. The van der Waals surface area contributed by atoms with Crippen molar-refractivity contribution in [3.05, 3.63) is 23.5 Å². The molecule has 0 radical (unpaired) electrons. The van der Waals surface area contributed by atoms with E-state index >= 15 is 0 Å². The predicted molar refractivity (Wildman–Crippen MR) is 52.7 cm³/mol. The Morgan fingerprint density at radius 3 is 2.67 bits per heavy atom. The van der Waals surface area contributed by atoms with E-state index in [1.807, 2.05) is 19.1 Å². The van der Waals surface area contributed by atoms with E-state index in [9.17, 15) is 0 Å². The van der Waals surface area contributed by atoms with Crippen molar-refractivity contribution in [3.63, 3.8) is 0 Å². The van der Waals surface area contributed by atoms with Crippen LogP contribution in [0.1, 0.15) is 11.4 Å². The summed E-state index contributed by atoms with van der Waals surface area (Å²) >= 11 is 0. The van der Waals surface area contributed by atoms with Crippen molar-refractivity contribution in [2.75, 3.05) is 0 Å². The van der Waals surface area contributed by atoms with Gasteiger partial charge in [0, 0.05) is 7.05 Å². The molecule has 0 unspecified atom stereocenters. The van der Waals surface area contributed by atoms with Gasteiger partial charge in [-0.15, -0.1) is 10.2 Å². The molecule has 0 saturated heterocycles. The molecular weight excluding hydrogens is 194 g/mol. The van der Waals surface area contributed by atoms with Crippen molar-refractivity contribution < 1.29 is 5.11 Å². The highest BCUT2D eigenvalue weighted by Gasteiger charge is 2.12. The van der Waals surface area contributed by atoms with Gasteiger partial charge in [-0.3, -0.25) is 0 Å². The van der Waals surface area contributed by atoms with Crippen LogP contribution in [0.3, 0.4) is 0 Å². The van der Waals surface area contributed by atoms with Crippen molar-refractivity contribution in [2.45, 2.75) is 13.5 Å². The van der Waals surface area contributed by atoms with Crippen LogP contribution in [-0.4, -0.2) is 30.3 Å². The van der Waals surface area contributed by atoms with E-state index in [0.717, 1.165) is 5.69 Å². The molecule has 0 fully saturated rings.